The molecule has 2 aromatic rings. The summed E-state index contributed by atoms with van der Waals surface area (Å²) < 4.78 is 6.56. The second kappa shape index (κ2) is 7.86. The number of amides is 1. The van der Waals surface area contributed by atoms with Gasteiger partial charge in [-0.25, -0.2) is 0 Å². The number of aryl methyl sites for hydroxylation is 2. The Balaban J connectivity index is 1.59. The SMILES string of the molecule is Cc1csc(=O)n1CC(=O)O[C@H](C)C(=O)N[C@@H]1CCCc2ccccc21. The number of hydrogen-bond acceptors (Lipinski definition) is 5. The highest BCUT2D eigenvalue weighted by Crippen LogP contribution is 2.29. The van der Waals surface area contributed by atoms with Crippen LogP contribution in [0.3, 0.4) is 0 Å². The molecule has 0 aliphatic heterocycles. The van der Waals surface area contributed by atoms with Gasteiger partial charge in [0.15, 0.2) is 6.10 Å². The molecule has 3 rings (SSSR count). The zero-order valence-electron chi connectivity index (χ0n) is 14.9. The monoisotopic (exact) mass is 374 g/mol. The van der Waals surface area contributed by atoms with E-state index < -0.39 is 12.1 Å². The fourth-order valence-electron chi connectivity index (χ4n) is 3.21. The summed E-state index contributed by atoms with van der Waals surface area (Å²) in [6.45, 7) is 3.12. The molecule has 1 aromatic heterocycles. The maximum Gasteiger partial charge on any atom is 0.326 e. The van der Waals surface area contributed by atoms with Gasteiger partial charge in [-0.1, -0.05) is 35.6 Å². The van der Waals surface area contributed by atoms with E-state index in [0.717, 1.165) is 36.2 Å². The Morgan fingerprint density at radius 1 is 1.38 bits per heavy atom. The van der Waals surface area contributed by atoms with Crippen molar-refractivity contribution < 1.29 is 14.3 Å². The van der Waals surface area contributed by atoms with Gasteiger partial charge in [-0.3, -0.25) is 19.0 Å². The summed E-state index contributed by atoms with van der Waals surface area (Å²) in [6, 6.07) is 8.02. The van der Waals surface area contributed by atoms with Crippen LogP contribution < -0.4 is 10.2 Å². The van der Waals surface area contributed by atoms with Gasteiger partial charge in [0, 0.05) is 11.1 Å². The number of nitrogens with zero attached hydrogens (tertiary/aromatic N) is 1. The van der Waals surface area contributed by atoms with E-state index in [1.54, 1.807) is 19.2 Å². The lowest BCUT2D eigenvalue weighted by molar-refractivity contribution is -0.155. The van der Waals surface area contributed by atoms with E-state index in [9.17, 15) is 14.4 Å². The highest BCUT2D eigenvalue weighted by molar-refractivity contribution is 7.07. The maximum atomic E-state index is 12.4. The van der Waals surface area contributed by atoms with Crippen molar-refractivity contribution >= 4 is 23.2 Å². The van der Waals surface area contributed by atoms with Gasteiger partial charge >= 0.3 is 10.8 Å². The molecule has 6 nitrogen and oxygen atoms in total. The minimum atomic E-state index is -0.911. The van der Waals surface area contributed by atoms with Crippen LogP contribution in [0, 0.1) is 6.92 Å². The standard InChI is InChI=1S/C19H22N2O4S/c1-12-11-26-19(24)21(12)10-17(22)25-13(2)18(23)20-16-9-5-7-14-6-3-4-8-15(14)16/h3-4,6,8,11,13,16H,5,7,9-10H2,1-2H3,(H,20,23)/t13-,16-/m1/s1. The van der Waals surface area contributed by atoms with Crippen LogP contribution in [0.1, 0.15) is 42.6 Å². The van der Waals surface area contributed by atoms with Crippen molar-refractivity contribution in [1.29, 1.82) is 0 Å². The van der Waals surface area contributed by atoms with Gasteiger partial charge in [-0.15, -0.1) is 0 Å². The molecule has 0 radical (unpaired) electrons. The summed E-state index contributed by atoms with van der Waals surface area (Å²) in [5, 5.41) is 4.67. The third kappa shape index (κ3) is 4.04. The minimum absolute atomic E-state index is 0.0599. The first-order valence-corrected chi connectivity index (χ1v) is 9.56. The Kier molecular flexibility index (Phi) is 5.56. The van der Waals surface area contributed by atoms with Crippen molar-refractivity contribution in [1.82, 2.24) is 9.88 Å². The number of hydrogen-bond donors (Lipinski definition) is 1. The lowest BCUT2D eigenvalue weighted by atomic mass is 9.87. The number of carbonyl (C=O) groups excluding carboxylic acids is 2. The molecule has 1 aliphatic carbocycles. The van der Waals surface area contributed by atoms with Crippen LogP contribution in [0.2, 0.25) is 0 Å². The summed E-state index contributed by atoms with van der Waals surface area (Å²) in [6.07, 6.45) is 1.98. The van der Waals surface area contributed by atoms with Crippen LogP contribution in [-0.4, -0.2) is 22.5 Å². The zero-order valence-corrected chi connectivity index (χ0v) is 15.7. The van der Waals surface area contributed by atoms with Gasteiger partial charge < -0.3 is 10.1 Å². The second-order valence-electron chi connectivity index (χ2n) is 6.51. The quantitative estimate of drug-likeness (QED) is 0.815. The Labute approximate surface area is 155 Å². The average Bonchev–Trinajstić information content (AvgIpc) is 2.94. The van der Waals surface area contributed by atoms with E-state index in [2.05, 4.69) is 11.4 Å². The first-order chi connectivity index (χ1) is 12.5. The number of ether oxygens (including phenoxy) is 1. The van der Waals surface area contributed by atoms with Crippen LogP contribution in [0.25, 0.3) is 0 Å². The first-order valence-electron chi connectivity index (χ1n) is 8.68. The smallest absolute Gasteiger partial charge is 0.326 e. The predicted molar refractivity (Wildman–Crippen MR) is 99.1 cm³/mol. The van der Waals surface area contributed by atoms with E-state index in [1.807, 2.05) is 18.2 Å². The topological polar surface area (TPSA) is 77.4 Å². The summed E-state index contributed by atoms with van der Waals surface area (Å²) >= 11 is 1.04. The normalized spacial score (nSPS) is 17.2. The number of aromatic nitrogens is 1. The molecule has 1 aromatic carbocycles. The van der Waals surface area contributed by atoms with E-state index in [1.165, 1.54) is 10.1 Å². The van der Waals surface area contributed by atoms with Gasteiger partial charge in [-0.05, 0) is 44.2 Å². The van der Waals surface area contributed by atoms with Crippen molar-refractivity contribution in [2.45, 2.75) is 51.8 Å². The molecule has 0 bridgehead atoms. The molecule has 1 amide bonds. The molecule has 26 heavy (non-hydrogen) atoms. The molecular weight excluding hydrogens is 352 g/mol. The van der Waals surface area contributed by atoms with Crippen LogP contribution >= 0.6 is 11.3 Å². The highest BCUT2D eigenvalue weighted by atomic mass is 32.1. The molecule has 7 heteroatoms. The first kappa shape index (κ1) is 18.4. The van der Waals surface area contributed by atoms with Gasteiger partial charge in [-0.2, -0.15) is 0 Å². The molecule has 2 atom stereocenters. The number of nitrogens with one attached hydrogen (secondary N) is 1. The molecule has 0 unspecified atom stereocenters. The largest absolute Gasteiger partial charge is 0.451 e. The third-order valence-electron chi connectivity index (χ3n) is 4.63. The van der Waals surface area contributed by atoms with E-state index in [0.29, 0.717) is 5.69 Å². The number of rotatable bonds is 5. The summed E-state index contributed by atoms with van der Waals surface area (Å²) in [5.41, 5.74) is 3.08. The molecule has 0 saturated heterocycles. The number of esters is 1. The Morgan fingerprint density at radius 3 is 2.88 bits per heavy atom. The van der Waals surface area contributed by atoms with E-state index >= 15 is 0 Å². The molecule has 0 spiro atoms. The van der Waals surface area contributed by atoms with Gasteiger partial charge in [0.05, 0.1) is 6.04 Å². The van der Waals surface area contributed by atoms with Crippen LogP contribution in [0.4, 0.5) is 0 Å². The lowest BCUT2D eigenvalue weighted by Crippen LogP contribution is -2.39. The van der Waals surface area contributed by atoms with E-state index in [4.69, 9.17) is 4.74 Å². The molecule has 1 heterocycles. The average molecular weight is 374 g/mol. The fourth-order valence-corrected chi connectivity index (χ4v) is 3.94. The van der Waals surface area contributed by atoms with Gasteiger partial charge in [0.2, 0.25) is 0 Å². The molecule has 1 aliphatic rings. The van der Waals surface area contributed by atoms with E-state index in [-0.39, 0.29) is 23.4 Å². The van der Waals surface area contributed by atoms with Crippen LogP contribution in [-0.2, 0) is 27.3 Å². The predicted octanol–water partition coefficient (Wildman–Crippen LogP) is 2.34. The van der Waals surface area contributed by atoms with Crippen molar-refractivity contribution in [2.75, 3.05) is 0 Å². The van der Waals surface area contributed by atoms with Gasteiger partial charge in [0.25, 0.3) is 5.91 Å². The molecular formula is C19H22N2O4S. The molecule has 1 N–H and O–H groups in total. The number of thiazole rings is 1. The third-order valence-corrected chi connectivity index (χ3v) is 5.51. The highest BCUT2D eigenvalue weighted by Gasteiger charge is 2.25. The fraction of sp³-hybridized carbons (Fsp3) is 0.421. The minimum Gasteiger partial charge on any atom is -0.451 e. The number of carbonyl (C=O) groups is 2. The molecule has 0 fully saturated rings. The van der Waals surface area contributed by atoms with Crippen molar-refractivity contribution in [2.24, 2.45) is 0 Å². The maximum absolute atomic E-state index is 12.4. The summed E-state index contributed by atoms with van der Waals surface area (Å²) in [7, 11) is 0. The summed E-state index contributed by atoms with van der Waals surface area (Å²) in [5.74, 6) is -0.922. The Bertz CT molecular complexity index is 870. The Hall–Kier alpha value is -2.41. The van der Waals surface area contributed by atoms with Crippen LogP contribution in [0.5, 0.6) is 0 Å². The van der Waals surface area contributed by atoms with Crippen molar-refractivity contribution in [3.05, 3.63) is 56.1 Å². The Morgan fingerprint density at radius 2 is 2.15 bits per heavy atom. The molecule has 138 valence electrons. The lowest BCUT2D eigenvalue weighted by Gasteiger charge is -2.27. The zero-order chi connectivity index (χ0) is 18.7. The van der Waals surface area contributed by atoms with Gasteiger partial charge in [0.1, 0.15) is 6.54 Å². The summed E-state index contributed by atoms with van der Waals surface area (Å²) in [4.78, 5) is 36.0. The molecule has 0 saturated carbocycles. The number of fused-ring (bicyclic) bond motifs is 1. The van der Waals surface area contributed by atoms with Crippen LogP contribution in [0.15, 0.2) is 34.4 Å². The van der Waals surface area contributed by atoms with Crippen molar-refractivity contribution in [3.63, 3.8) is 0 Å². The second-order valence-corrected chi connectivity index (χ2v) is 7.33. The van der Waals surface area contributed by atoms with Crippen molar-refractivity contribution in [3.8, 4) is 0 Å². The number of benzene rings is 1.